The molecule has 154 valence electrons. The smallest absolute Gasteiger partial charge is 0.181 e. The van der Waals surface area contributed by atoms with Crippen molar-refractivity contribution < 1.29 is 4.79 Å². The monoisotopic (exact) mass is 437 g/mol. The normalized spacial score (nSPS) is 11.4. The summed E-state index contributed by atoms with van der Waals surface area (Å²) >= 11 is 1.46. The lowest BCUT2D eigenvalue weighted by Crippen LogP contribution is -1.86. The Morgan fingerprint density at radius 2 is 1.94 bits per heavy atom. The van der Waals surface area contributed by atoms with Crippen molar-refractivity contribution in [2.75, 3.05) is 0 Å². The zero-order valence-electron chi connectivity index (χ0n) is 16.8. The van der Waals surface area contributed by atoms with Crippen LogP contribution in [0.25, 0.3) is 55.4 Å². The van der Waals surface area contributed by atoms with E-state index in [9.17, 15) is 4.79 Å². The predicted octanol–water partition coefficient (Wildman–Crippen LogP) is 4.89. The van der Waals surface area contributed by atoms with Gasteiger partial charge in [0.2, 0.25) is 0 Å². The van der Waals surface area contributed by atoms with E-state index in [1.54, 1.807) is 25.5 Å². The number of H-pyrrole nitrogens is 2. The summed E-state index contributed by atoms with van der Waals surface area (Å²) in [5.41, 5.74) is 5.39. The number of Topliss-reactive ketones (excluding diaryl/α,β-unsaturated/α-hetero) is 1. The SMILES string of the molecule is CC(=O)c1ccc(-c2ccnc3nc(-c4[nH]nc5ncc(-c6ccccn6)cc45)[nH]c23)s1. The van der Waals surface area contributed by atoms with Crippen LogP contribution in [0.15, 0.2) is 61.1 Å². The van der Waals surface area contributed by atoms with Gasteiger partial charge < -0.3 is 4.98 Å². The van der Waals surface area contributed by atoms with Crippen LogP contribution in [-0.2, 0) is 0 Å². The third-order valence-corrected chi connectivity index (χ3v) is 6.44. The Balaban J connectivity index is 1.49. The third-order valence-electron chi connectivity index (χ3n) is 5.22. The van der Waals surface area contributed by atoms with Crippen molar-refractivity contribution in [2.24, 2.45) is 0 Å². The highest BCUT2D eigenvalue weighted by Crippen LogP contribution is 2.34. The second-order valence-electron chi connectivity index (χ2n) is 7.27. The van der Waals surface area contributed by atoms with Gasteiger partial charge in [-0.2, -0.15) is 5.10 Å². The molecule has 0 aromatic carbocycles. The second kappa shape index (κ2) is 7.17. The third kappa shape index (κ3) is 2.98. The van der Waals surface area contributed by atoms with Crippen molar-refractivity contribution >= 4 is 39.3 Å². The van der Waals surface area contributed by atoms with Gasteiger partial charge in [0.15, 0.2) is 22.9 Å². The maximum atomic E-state index is 11.7. The summed E-state index contributed by atoms with van der Waals surface area (Å²) in [7, 11) is 0. The molecule has 0 spiro atoms. The maximum Gasteiger partial charge on any atom is 0.181 e. The van der Waals surface area contributed by atoms with Crippen LogP contribution >= 0.6 is 11.3 Å². The molecular weight excluding hydrogens is 422 g/mol. The average molecular weight is 437 g/mol. The number of carbonyl (C=O) groups excluding carboxylic acids is 1. The van der Waals surface area contributed by atoms with Crippen molar-refractivity contribution in [2.45, 2.75) is 6.92 Å². The fraction of sp³-hybridized carbons (Fsp3) is 0.0435. The fourth-order valence-corrected chi connectivity index (χ4v) is 4.59. The van der Waals surface area contributed by atoms with Crippen LogP contribution in [0.3, 0.4) is 0 Å². The van der Waals surface area contributed by atoms with Crippen LogP contribution in [0.4, 0.5) is 0 Å². The number of hydrogen-bond acceptors (Lipinski definition) is 7. The molecule has 0 saturated heterocycles. The van der Waals surface area contributed by atoms with E-state index in [0.717, 1.165) is 43.2 Å². The molecule has 8 nitrogen and oxygen atoms in total. The number of carbonyl (C=O) groups is 1. The summed E-state index contributed by atoms with van der Waals surface area (Å²) in [4.78, 5) is 34.8. The first-order valence-corrected chi connectivity index (χ1v) is 10.7. The first kappa shape index (κ1) is 18.5. The molecule has 0 aliphatic carbocycles. The van der Waals surface area contributed by atoms with E-state index in [2.05, 4.69) is 30.1 Å². The number of aromatic amines is 2. The van der Waals surface area contributed by atoms with E-state index in [4.69, 9.17) is 4.98 Å². The standard InChI is InChI=1S/C23H15N7OS/c1-12(31)17-5-6-18(32-17)14-7-9-25-22-19(14)27-23(28-22)20-15-10-13(11-26-21(15)30-29-20)16-4-2-3-8-24-16/h2-11H,1H3,(H,25,27,28)(H,26,29,30). The molecule has 9 heteroatoms. The summed E-state index contributed by atoms with van der Waals surface area (Å²) < 4.78 is 0. The Bertz CT molecular complexity index is 1610. The Kier molecular flexibility index (Phi) is 4.15. The molecule has 0 fully saturated rings. The van der Waals surface area contributed by atoms with E-state index in [0.29, 0.717) is 17.1 Å². The zero-order valence-corrected chi connectivity index (χ0v) is 17.6. The van der Waals surface area contributed by atoms with E-state index in [1.165, 1.54) is 11.3 Å². The highest BCUT2D eigenvalue weighted by Gasteiger charge is 2.17. The molecule has 0 aliphatic rings. The number of thiophene rings is 1. The van der Waals surface area contributed by atoms with Gasteiger partial charge in [0.05, 0.1) is 21.5 Å². The van der Waals surface area contributed by atoms with Crippen molar-refractivity contribution in [1.82, 2.24) is 35.1 Å². The number of pyridine rings is 3. The average Bonchev–Trinajstić information content (AvgIpc) is 3.56. The van der Waals surface area contributed by atoms with Crippen LogP contribution in [0.5, 0.6) is 0 Å². The highest BCUT2D eigenvalue weighted by molar-refractivity contribution is 7.17. The molecule has 0 radical (unpaired) electrons. The topological polar surface area (TPSA) is 113 Å². The number of fused-ring (bicyclic) bond motifs is 2. The Labute approximate surface area is 185 Å². The van der Waals surface area contributed by atoms with E-state index < -0.39 is 0 Å². The Morgan fingerprint density at radius 3 is 2.75 bits per heavy atom. The van der Waals surface area contributed by atoms with Crippen molar-refractivity contribution in [3.05, 3.63) is 65.9 Å². The van der Waals surface area contributed by atoms with E-state index in [-0.39, 0.29) is 5.78 Å². The van der Waals surface area contributed by atoms with Crippen LogP contribution in [0.2, 0.25) is 0 Å². The van der Waals surface area contributed by atoms with E-state index >= 15 is 0 Å². The largest absolute Gasteiger partial charge is 0.335 e. The zero-order chi connectivity index (χ0) is 21.7. The molecule has 6 aromatic rings. The van der Waals surface area contributed by atoms with Gasteiger partial charge in [-0.25, -0.2) is 15.0 Å². The Morgan fingerprint density at radius 1 is 1.00 bits per heavy atom. The number of rotatable bonds is 4. The van der Waals surface area contributed by atoms with Crippen molar-refractivity contribution in [3.63, 3.8) is 0 Å². The van der Waals surface area contributed by atoms with Crippen molar-refractivity contribution in [1.29, 1.82) is 0 Å². The van der Waals surface area contributed by atoms with Gasteiger partial charge in [0.1, 0.15) is 5.69 Å². The molecule has 0 amide bonds. The first-order chi connectivity index (χ1) is 15.7. The molecule has 2 N–H and O–H groups in total. The first-order valence-electron chi connectivity index (χ1n) is 9.89. The number of nitrogens with one attached hydrogen (secondary N) is 2. The van der Waals surface area contributed by atoms with Gasteiger partial charge >= 0.3 is 0 Å². The van der Waals surface area contributed by atoms with Gasteiger partial charge in [-0.3, -0.25) is 14.9 Å². The second-order valence-corrected chi connectivity index (χ2v) is 8.36. The van der Waals surface area contributed by atoms with Crippen LogP contribution in [0.1, 0.15) is 16.6 Å². The molecule has 0 saturated carbocycles. The molecule has 0 aliphatic heterocycles. The summed E-state index contributed by atoms with van der Waals surface area (Å²) in [5, 5.41) is 8.22. The van der Waals surface area contributed by atoms with Gasteiger partial charge in [0.25, 0.3) is 0 Å². The Hall–Kier alpha value is -4.24. The van der Waals surface area contributed by atoms with Crippen LogP contribution in [-0.4, -0.2) is 40.9 Å². The molecule has 0 atom stereocenters. The fourth-order valence-electron chi connectivity index (χ4n) is 3.66. The summed E-state index contributed by atoms with van der Waals surface area (Å²) in [6.45, 7) is 1.57. The van der Waals surface area contributed by atoms with E-state index in [1.807, 2.05) is 42.5 Å². The molecular formula is C23H15N7OS. The van der Waals surface area contributed by atoms with Gasteiger partial charge in [-0.15, -0.1) is 11.3 Å². The number of aromatic nitrogens is 7. The molecule has 6 heterocycles. The molecule has 0 unspecified atom stereocenters. The van der Waals surface area contributed by atoms with Crippen LogP contribution in [0, 0.1) is 0 Å². The molecule has 6 aromatic heterocycles. The minimum Gasteiger partial charge on any atom is -0.335 e. The minimum atomic E-state index is 0.0528. The van der Waals surface area contributed by atoms with Gasteiger partial charge in [-0.05, 0) is 43.3 Å². The number of imidazole rings is 1. The van der Waals surface area contributed by atoms with Crippen LogP contribution < -0.4 is 0 Å². The quantitative estimate of drug-likeness (QED) is 0.380. The molecule has 0 bridgehead atoms. The minimum absolute atomic E-state index is 0.0528. The predicted molar refractivity (Wildman–Crippen MR) is 123 cm³/mol. The highest BCUT2D eigenvalue weighted by atomic mass is 32.1. The molecule has 6 rings (SSSR count). The number of hydrogen-bond donors (Lipinski definition) is 2. The summed E-state index contributed by atoms with van der Waals surface area (Å²) in [5.74, 6) is 0.669. The molecule has 32 heavy (non-hydrogen) atoms. The van der Waals surface area contributed by atoms with Crippen molar-refractivity contribution in [3.8, 4) is 33.2 Å². The lowest BCUT2D eigenvalue weighted by atomic mass is 10.1. The number of ketones is 1. The summed E-state index contributed by atoms with van der Waals surface area (Å²) in [6.07, 6.45) is 5.24. The lowest BCUT2D eigenvalue weighted by Gasteiger charge is -2.00. The van der Waals surface area contributed by atoms with Gasteiger partial charge in [-0.1, -0.05) is 6.07 Å². The number of nitrogens with zero attached hydrogens (tertiary/aromatic N) is 5. The maximum absolute atomic E-state index is 11.7. The summed E-state index contributed by atoms with van der Waals surface area (Å²) in [6, 6.07) is 13.5. The van der Waals surface area contributed by atoms with Gasteiger partial charge in [0, 0.05) is 34.6 Å². The lowest BCUT2D eigenvalue weighted by molar-refractivity contribution is 0.102.